The Bertz CT molecular complexity index is 2230. The van der Waals surface area contributed by atoms with E-state index in [1.54, 1.807) is 47.1 Å². The van der Waals surface area contributed by atoms with Gasteiger partial charge in [0.2, 0.25) is 0 Å². The molecule has 0 bridgehead atoms. The SMILES string of the molecule is CCCCN(CCCC)C(=O)c1nn(-c2ccc(C(=O)NS(=O)c3ccc4cccc(Cl)c4c3)cc2C(=O)N2Cc3ccccc3CC2CN)c(C)c1Cl. The summed E-state index contributed by atoms with van der Waals surface area (Å²) in [5, 5.41) is 6.98. The average molecular weight is 788 g/mol. The molecule has 10 nitrogen and oxygen atoms in total. The van der Waals surface area contributed by atoms with Crippen LogP contribution in [0, 0.1) is 6.92 Å². The van der Waals surface area contributed by atoms with E-state index in [0.29, 0.717) is 52.7 Å². The molecule has 13 heteroatoms. The highest BCUT2D eigenvalue weighted by molar-refractivity contribution is 7.83. The number of halogens is 2. The lowest BCUT2D eigenvalue weighted by molar-refractivity contribution is 0.0647. The zero-order valence-corrected chi connectivity index (χ0v) is 32.9. The van der Waals surface area contributed by atoms with Gasteiger partial charge in [0.15, 0.2) is 16.7 Å². The molecule has 0 spiro atoms. The molecule has 0 saturated carbocycles. The minimum Gasteiger partial charge on any atom is -0.337 e. The van der Waals surface area contributed by atoms with Crippen molar-refractivity contribution in [1.29, 1.82) is 0 Å². The van der Waals surface area contributed by atoms with Gasteiger partial charge in [-0.1, -0.05) is 92.4 Å². The number of fused-ring (bicyclic) bond motifs is 2. The van der Waals surface area contributed by atoms with Gasteiger partial charge < -0.3 is 15.5 Å². The second-order valence-corrected chi connectivity index (χ2v) is 15.5. The summed E-state index contributed by atoms with van der Waals surface area (Å²) in [5.74, 6) is -1.30. The van der Waals surface area contributed by atoms with Crippen LogP contribution in [0.25, 0.3) is 16.5 Å². The van der Waals surface area contributed by atoms with Crippen molar-refractivity contribution in [3.63, 3.8) is 0 Å². The molecule has 0 radical (unpaired) electrons. The lowest BCUT2D eigenvalue weighted by Gasteiger charge is -2.36. The highest BCUT2D eigenvalue weighted by Crippen LogP contribution is 2.31. The second-order valence-electron chi connectivity index (χ2n) is 13.5. The van der Waals surface area contributed by atoms with Crippen LogP contribution in [0.1, 0.15) is 87.6 Å². The van der Waals surface area contributed by atoms with E-state index in [-0.39, 0.29) is 46.2 Å². The van der Waals surface area contributed by atoms with Gasteiger partial charge in [0.1, 0.15) is 0 Å². The predicted molar refractivity (Wildman–Crippen MR) is 215 cm³/mol. The topological polar surface area (TPSA) is 131 Å². The Labute approximate surface area is 328 Å². The maximum Gasteiger partial charge on any atom is 0.275 e. The average Bonchev–Trinajstić information content (AvgIpc) is 3.49. The number of rotatable bonds is 13. The third kappa shape index (κ3) is 8.10. The Morgan fingerprint density at radius 3 is 2.37 bits per heavy atom. The van der Waals surface area contributed by atoms with E-state index in [2.05, 4.69) is 18.6 Å². The summed E-state index contributed by atoms with van der Waals surface area (Å²) in [7, 11) is -1.94. The normalized spacial score (nSPS) is 14.5. The van der Waals surface area contributed by atoms with Crippen LogP contribution >= 0.6 is 23.2 Å². The number of hydrogen-bond donors (Lipinski definition) is 2. The van der Waals surface area contributed by atoms with Crippen molar-refractivity contribution in [3.05, 3.63) is 123 Å². The Balaban J connectivity index is 1.39. The van der Waals surface area contributed by atoms with Crippen molar-refractivity contribution >= 4 is 62.7 Å². The summed E-state index contributed by atoms with van der Waals surface area (Å²) in [6.45, 7) is 7.58. The Kier molecular flexibility index (Phi) is 12.5. The van der Waals surface area contributed by atoms with E-state index in [9.17, 15) is 18.6 Å². The molecule has 3 amide bonds. The molecule has 282 valence electrons. The third-order valence-electron chi connectivity index (χ3n) is 9.90. The number of aromatic nitrogens is 2. The monoisotopic (exact) mass is 786 g/mol. The third-order valence-corrected chi connectivity index (χ3v) is 11.7. The molecule has 6 rings (SSSR count). The number of nitrogens with one attached hydrogen (secondary N) is 1. The van der Waals surface area contributed by atoms with Crippen molar-refractivity contribution in [2.24, 2.45) is 5.73 Å². The van der Waals surface area contributed by atoms with Gasteiger partial charge in [-0.2, -0.15) is 5.10 Å². The summed E-state index contributed by atoms with van der Waals surface area (Å²) in [6.07, 6.45) is 4.11. The molecule has 0 fully saturated rings. The van der Waals surface area contributed by atoms with Gasteiger partial charge in [0.05, 0.1) is 26.9 Å². The molecular formula is C41H44Cl2N6O4S. The zero-order chi connectivity index (χ0) is 38.5. The molecule has 1 aliphatic rings. The van der Waals surface area contributed by atoms with Crippen molar-refractivity contribution in [1.82, 2.24) is 24.3 Å². The number of amides is 3. The van der Waals surface area contributed by atoms with Crippen LogP contribution in [0.2, 0.25) is 10.0 Å². The Morgan fingerprint density at radius 2 is 1.67 bits per heavy atom. The van der Waals surface area contributed by atoms with Gasteiger partial charge in [-0.15, -0.1) is 0 Å². The zero-order valence-electron chi connectivity index (χ0n) is 30.6. The van der Waals surface area contributed by atoms with Gasteiger partial charge in [-0.25, -0.2) is 8.89 Å². The van der Waals surface area contributed by atoms with E-state index in [4.69, 9.17) is 34.0 Å². The molecule has 1 aromatic heterocycles. The lowest BCUT2D eigenvalue weighted by atomic mass is 9.93. The molecule has 54 heavy (non-hydrogen) atoms. The highest BCUT2D eigenvalue weighted by atomic mass is 35.5. The fraction of sp³-hybridized carbons (Fsp3) is 0.317. The molecule has 2 unspecified atom stereocenters. The molecular weight excluding hydrogens is 743 g/mol. The van der Waals surface area contributed by atoms with Crippen LogP contribution in [0.4, 0.5) is 0 Å². The number of carbonyl (C=O) groups excluding carboxylic acids is 3. The molecule has 5 aromatic rings. The van der Waals surface area contributed by atoms with Crippen LogP contribution in [-0.4, -0.2) is 67.2 Å². The minimum absolute atomic E-state index is 0.0965. The van der Waals surface area contributed by atoms with Gasteiger partial charge in [0.25, 0.3) is 17.7 Å². The predicted octanol–water partition coefficient (Wildman–Crippen LogP) is 7.66. The first-order valence-corrected chi connectivity index (χ1v) is 20.1. The second kappa shape index (κ2) is 17.3. The summed E-state index contributed by atoms with van der Waals surface area (Å²) in [6, 6.07) is 22.8. The summed E-state index contributed by atoms with van der Waals surface area (Å²) >= 11 is 13.2. The summed E-state index contributed by atoms with van der Waals surface area (Å²) < 4.78 is 17.5. The number of unbranched alkanes of at least 4 members (excludes halogenated alkanes) is 2. The van der Waals surface area contributed by atoms with Crippen molar-refractivity contribution in [2.75, 3.05) is 19.6 Å². The first kappa shape index (κ1) is 39.2. The molecule has 0 saturated heterocycles. The number of carbonyl (C=O) groups is 3. The van der Waals surface area contributed by atoms with Gasteiger partial charge in [-0.3, -0.25) is 19.1 Å². The number of nitrogens with zero attached hydrogens (tertiary/aromatic N) is 4. The Morgan fingerprint density at radius 1 is 0.944 bits per heavy atom. The molecule has 4 aromatic carbocycles. The van der Waals surface area contributed by atoms with E-state index < -0.39 is 16.9 Å². The fourth-order valence-corrected chi connectivity index (χ4v) is 8.03. The van der Waals surface area contributed by atoms with E-state index >= 15 is 0 Å². The van der Waals surface area contributed by atoms with E-state index in [1.165, 1.54) is 16.8 Å². The molecule has 1 aliphatic heterocycles. The molecule has 3 N–H and O–H groups in total. The standard InChI is InChI=1S/C41H44Cl2N6O4S/c1-4-6-19-47(20-7-5-2)41(52)38-37(43)26(3)49(45-38)36-18-16-29(39(50)46-54(53)32-17-15-27-13-10-14-35(42)33(27)23-32)22-34(36)40(51)48-25-30-12-9-8-11-28(30)21-31(48)24-44/h8-18,22-23,31H,4-7,19-21,24-25,44H2,1-3H3,(H,46,50). The summed E-state index contributed by atoms with van der Waals surface area (Å²) in [4.78, 5) is 46.2. The van der Waals surface area contributed by atoms with Crippen molar-refractivity contribution < 1.29 is 18.6 Å². The van der Waals surface area contributed by atoms with Crippen LogP contribution in [-0.2, 0) is 24.0 Å². The Hall–Kier alpha value is -4.55. The lowest BCUT2D eigenvalue weighted by Crippen LogP contribution is -2.48. The van der Waals surface area contributed by atoms with Crippen LogP contribution in [0.3, 0.4) is 0 Å². The van der Waals surface area contributed by atoms with E-state index in [0.717, 1.165) is 42.2 Å². The minimum atomic E-state index is -1.94. The molecule has 2 heterocycles. The van der Waals surface area contributed by atoms with E-state index in [1.807, 2.05) is 36.4 Å². The first-order valence-electron chi connectivity index (χ1n) is 18.2. The largest absolute Gasteiger partial charge is 0.337 e. The van der Waals surface area contributed by atoms with Crippen molar-refractivity contribution in [3.8, 4) is 5.69 Å². The summed E-state index contributed by atoms with van der Waals surface area (Å²) in [5.41, 5.74) is 9.53. The molecule has 2 atom stereocenters. The molecule has 0 aliphatic carbocycles. The highest BCUT2D eigenvalue weighted by Gasteiger charge is 2.33. The first-order chi connectivity index (χ1) is 26.1. The number of benzene rings is 4. The van der Waals surface area contributed by atoms with Crippen LogP contribution in [0.15, 0.2) is 83.8 Å². The van der Waals surface area contributed by atoms with Gasteiger partial charge >= 0.3 is 0 Å². The fourth-order valence-electron chi connectivity index (χ4n) is 6.77. The van der Waals surface area contributed by atoms with Crippen LogP contribution in [0.5, 0.6) is 0 Å². The maximum absolute atomic E-state index is 14.7. The van der Waals surface area contributed by atoms with Gasteiger partial charge in [0, 0.05) is 48.2 Å². The smallest absolute Gasteiger partial charge is 0.275 e. The number of nitrogens with two attached hydrogens (primary N) is 1. The maximum atomic E-state index is 14.7. The number of hydrogen-bond acceptors (Lipinski definition) is 6. The van der Waals surface area contributed by atoms with Crippen molar-refractivity contribution in [2.45, 2.75) is 70.4 Å². The van der Waals surface area contributed by atoms with Crippen LogP contribution < -0.4 is 10.5 Å². The van der Waals surface area contributed by atoms with Gasteiger partial charge in [-0.05, 0) is 79.1 Å². The quantitative estimate of drug-likeness (QED) is 0.126.